The van der Waals surface area contributed by atoms with Crippen molar-refractivity contribution in [1.82, 2.24) is 14.8 Å². The van der Waals surface area contributed by atoms with Gasteiger partial charge in [-0.1, -0.05) is 41.6 Å². The lowest BCUT2D eigenvalue weighted by Gasteiger charge is -2.07. The van der Waals surface area contributed by atoms with E-state index in [1.54, 1.807) is 11.8 Å². The highest BCUT2D eigenvalue weighted by Crippen LogP contribution is 2.21. The van der Waals surface area contributed by atoms with Gasteiger partial charge in [0, 0.05) is 18.5 Å². The van der Waals surface area contributed by atoms with E-state index in [-0.39, 0.29) is 11.7 Å². The predicted octanol–water partition coefficient (Wildman–Crippen LogP) is 4.69. The minimum absolute atomic E-state index is 0.0811. The first-order valence-corrected chi connectivity index (χ1v) is 11.9. The largest absolute Gasteiger partial charge is 0.494 e. The van der Waals surface area contributed by atoms with Gasteiger partial charge in [0.2, 0.25) is 5.91 Å². The maximum absolute atomic E-state index is 12.2. The Balaban J connectivity index is 1.44. The monoisotopic (exact) mass is 442 g/mol. The average Bonchev–Trinajstić information content (AvgIpc) is 3.09. The van der Waals surface area contributed by atoms with Crippen molar-refractivity contribution in [3.05, 3.63) is 65.5 Å². The summed E-state index contributed by atoms with van der Waals surface area (Å²) in [5.41, 5.74) is 3.31. The summed E-state index contributed by atoms with van der Waals surface area (Å²) < 4.78 is 7.36. The molecule has 0 unspecified atom stereocenters. The number of thioether (sulfide) groups is 2. The van der Waals surface area contributed by atoms with Crippen LogP contribution in [-0.4, -0.2) is 33.0 Å². The average molecular weight is 443 g/mol. The first kappa shape index (κ1) is 22.2. The first-order chi connectivity index (χ1) is 14.5. The molecule has 0 fully saturated rings. The third kappa shape index (κ3) is 6.53. The maximum atomic E-state index is 12.2. The molecule has 1 N–H and O–H groups in total. The van der Waals surface area contributed by atoms with Crippen LogP contribution in [0.1, 0.15) is 23.9 Å². The number of aryl methyl sites for hydroxylation is 1. The van der Waals surface area contributed by atoms with Crippen molar-refractivity contribution in [2.45, 2.75) is 30.5 Å². The summed E-state index contributed by atoms with van der Waals surface area (Å²) in [6.07, 6.45) is 0. The van der Waals surface area contributed by atoms with E-state index >= 15 is 0 Å². The molecule has 0 aliphatic heterocycles. The van der Waals surface area contributed by atoms with Crippen LogP contribution < -0.4 is 10.1 Å². The number of aromatic nitrogens is 3. The van der Waals surface area contributed by atoms with Gasteiger partial charge in [-0.15, -0.1) is 22.0 Å². The van der Waals surface area contributed by atoms with Crippen LogP contribution in [0, 0.1) is 6.92 Å². The van der Waals surface area contributed by atoms with Gasteiger partial charge in [-0.2, -0.15) is 0 Å². The molecule has 30 heavy (non-hydrogen) atoms. The molecular weight excluding hydrogens is 416 g/mol. The molecule has 3 aromatic rings. The molecule has 0 atom stereocenters. The topological polar surface area (TPSA) is 69.0 Å². The fraction of sp³-hybridized carbons (Fsp3) is 0.318. The molecule has 6 nitrogen and oxygen atoms in total. The number of rotatable bonds is 10. The summed E-state index contributed by atoms with van der Waals surface area (Å²) in [7, 11) is 1.94. The third-order valence-electron chi connectivity index (χ3n) is 4.33. The van der Waals surface area contributed by atoms with Crippen LogP contribution in [0.5, 0.6) is 5.75 Å². The van der Waals surface area contributed by atoms with E-state index < -0.39 is 0 Å². The van der Waals surface area contributed by atoms with Crippen molar-refractivity contribution in [1.29, 1.82) is 0 Å². The SMILES string of the molecule is CCOc1ccc(NC(=O)CSc2nnc(CSCc3ccc(C)cc3)n2C)cc1. The lowest BCUT2D eigenvalue weighted by Crippen LogP contribution is -2.14. The zero-order valence-electron chi connectivity index (χ0n) is 17.4. The quantitative estimate of drug-likeness (QED) is 0.460. The van der Waals surface area contributed by atoms with Crippen molar-refractivity contribution < 1.29 is 9.53 Å². The normalized spacial score (nSPS) is 10.8. The molecule has 0 saturated heterocycles. The lowest BCUT2D eigenvalue weighted by molar-refractivity contribution is -0.113. The van der Waals surface area contributed by atoms with Crippen molar-refractivity contribution in [2.24, 2.45) is 7.05 Å². The number of carbonyl (C=O) groups is 1. The summed E-state index contributed by atoms with van der Waals surface area (Å²) in [5.74, 6) is 3.59. The Kier molecular flexibility index (Phi) is 8.21. The van der Waals surface area contributed by atoms with Gasteiger partial charge in [0.15, 0.2) is 5.16 Å². The number of anilines is 1. The predicted molar refractivity (Wildman–Crippen MR) is 124 cm³/mol. The summed E-state index contributed by atoms with van der Waals surface area (Å²) in [6, 6.07) is 15.9. The van der Waals surface area contributed by atoms with Crippen molar-refractivity contribution in [2.75, 3.05) is 17.7 Å². The maximum Gasteiger partial charge on any atom is 0.234 e. The second kappa shape index (κ2) is 11.1. The number of ether oxygens (including phenoxy) is 1. The fourth-order valence-electron chi connectivity index (χ4n) is 2.67. The molecule has 8 heteroatoms. The van der Waals surface area contributed by atoms with Crippen LogP contribution in [0.3, 0.4) is 0 Å². The molecule has 1 aromatic heterocycles. The first-order valence-electron chi connectivity index (χ1n) is 9.72. The molecule has 158 valence electrons. The van der Waals surface area contributed by atoms with Crippen molar-refractivity contribution >= 4 is 35.1 Å². The second-order valence-electron chi connectivity index (χ2n) is 6.73. The Bertz CT molecular complexity index is 956. The zero-order chi connectivity index (χ0) is 21.3. The Morgan fingerprint density at radius 3 is 2.50 bits per heavy atom. The highest BCUT2D eigenvalue weighted by atomic mass is 32.2. The van der Waals surface area contributed by atoms with E-state index in [4.69, 9.17) is 4.74 Å². The lowest BCUT2D eigenvalue weighted by atomic mass is 10.2. The molecule has 1 amide bonds. The van der Waals surface area contributed by atoms with Crippen molar-refractivity contribution in [3.63, 3.8) is 0 Å². The standard InChI is InChI=1S/C22H26N4O2S2/c1-4-28-19-11-9-18(10-12-19)23-21(27)15-30-22-25-24-20(26(22)3)14-29-13-17-7-5-16(2)6-8-17/h5-12H,4,13-15H2,1-3H3,(H,23,27). The number of nitrogens with zero attached hydrogens (tertiary/aromatic N) is 3. The van der Waals surface area contributed by atoms with Gasteiger partial charge < -0.3 is 14.6 Å². The van der Waals surface area contributed by atoms with E-state index in [0.29, 0.717) is 6.61 Å². The van der Waals surface area contributed by atoms with Gasteiger partial charge in [0.1, 0.15) is 11.6 Å². The van der Waals surface area contributed by atoms with E-state index in [1.165, 1.54) is 22.9 Å². The number of amides is 1. The minimum atomic E-state index is -0.0811. The smallest absolute Gasteiger partial charge is 0.234 e. The van der Waals surface area contributed by atoms with Crippen LogP contribution in [0.25, 0.3) is 0 Å². The van der Waals surface area contributed by atoms with E-state index in [0.717, 1.165) is 33.9 Å². The number of carbonyl (C=O) groups excluding carboxylic acids is 1. The van der Waals surface area contributed by atoms with E-state index in [2.05, 4.69) is 46.7 Å². The van der Waals surface area contributed by atoms with Gasteiger partial charge in [-0.05, 0) is 43.7 Å². The molecular formula is C22H26N4O2S2. The second-order valence-corrected chi connectivity index (χ2v) is 8.66. The Labute approximate surface area is 185 Å². The summed E-state index contributed by atoms with van der Waals surface area (Å²) >= 11 is 3.18. The molecule has 3 rings (SSSR count). The fourth-order valence-corrected chi connectivity index (χ4v) is 4.36. The van der Waals surface area contributed by atoms with Crippen molar-refractivity contribution in [3.8, 4) is 5.75 Å². The number of benzene rings is 2. The molecule has 2 aromatic carbocycles. The number of nitrogens with one attached hydrogen (secondary N) is 1. The minimum Gasteiger partial charge on any atom is -0.494 e. The van der Waals surface area contributed by atoms with Gasteiger partial charge in [0.25, 0.3) is 0 Å². The van der Waals surface area contributed by atoms with Gasteiger partial charge in [-0.25, -0.2) is 0 Å². The van der Waals surface area contributed by atoms with Gasteiger partial charge in [-0.3, -0.25) is 4.79 Å². The summed E-state index contributed by atoms with van der Waals surface area (Å²) in [6.45, 7) is 4.65. The van der Waals surface area contributed by atoms with Gasteiger partial charge >= 0.3 is 0 Å². The van der Waals surface area contributed by atoms with Crippen LogP contribution in [0.4, 0.5) is 5.69 Å². The third-order valence-corrected chi connectivity index (χ3v) is 6.35. The summed E-state index contributed by atoms with van der Waals surface area (Å²) in [4.78, 5) is 12.2. The van der Waals surface area contributed by atoms with Gasteiger partial charge in [0.05, 0.1) is 18.1 Å². The number of hydrogen-bond donors (Lipinski definition) is 1. The van der Waals surface area contributed by atoms with Crippen LogP contribution >= 0.6 is 23.5 Å². The van der Waals surface area contributed by atoms with Crippen LogP contribution in [0.2, 0.25) is 0 Å². The highest BCUT2D eigenvalue weighted by molar-refractivity contribution is 7.99. The molecule has 0 aliphatic carbocycles. The molecule has 0 aliphatic rings. The van der Waals surface area contributed by atoms with Crippen LogP contribution in [0.15, 0.2) is 53.7 Å². The number of hydrogen-bond acceptors (Lipinski definition) is 6. The zero-order valence-corrected chi connectivity index (χ0v) is 19.1. The Morgan fingerprint density at radius 1 is 1.07 bits per heavy atom. The molecule has 0 spiro atoms. The molecule has 0 saturated carbocycles. The summed E-state index contributed by atoms with van der Waals surface area (Å²) in [5, 5.41) is 12.1. The molecule has 0 bridgehead atoms. The van der Waals surface area contributed by atoms with Crippen LogP contribution in [-0.2, 0) is 23.3 Å². The molecule has 1 heterocycles. The van der Waals surface area contributed by atoms with E-state index in [1.807, 2.05) is 42.8 Å². The van der Waals surface area contributed by atoms with E-state index in [9.17, 15) is 4.79 Å². The molecule has 0 radical (unpaired) electrons. The highest BCUT2D eigenvalue weighted by Gasteiger charge is 2.12. The Hall–Kier alpha value is -2.45. The Morgan fingerprint density at radius 2 is 1.80 bits per heavy atom.